The number of nitrogens with zero attached hydrogens (tertiary/aromatic N) is 4. The Morgan fingerprint density at radius 3 is 2.53 bits per heavy atom. The Bertz CT molecular complexity index is 1710. The predicted molar refractivity (Wildman–Crippen MR) is 145 cm³/mol. The topological polar surface area (TPSA) is 109 Å². The first-order valence-electron chi connectivity index (χ1n) is 11.7. The van der Waals surface area contributed by atoms with E-state index < -0.39 is 4.92 Å². The van der Waals surface area contributed by atoms with Gasteiger partial charge < -0.3 is 9.47 Å². The van der Waals surface area contributed by atoms with Crippen LogP contribution in [0.1, 0.15) is 11.1 Å². The Balaban J connectivity index is 1.56. The average molecular weight is 507 g/mol. The fraction of sp³-hybridized carbons (Fsp3) is 0.0690. The minimum Gasteiger partial charge on any atom is -0.493 e. The molecule has 188 valence electrons. The minimum atomic E-state index is -0.454. The van der Waals surface area contributed by atoms with Crippen LogP contribution in [-0.2, 0) is 6.61 Å². The molecule has 0 spiro atoms. The van der Waals surface area contributed by atoms with Gasteiger partial charge in [-0.2, -0.15) is 9.78 Å². The van der Waals surface area contributed by atoms with Crippen molar-refractivity contribution < 1.29 is 14.4 Å². The van der Waals surface area contributed by atoms with Gasteiger partial charge in [0.05, 0.1) is 29.2 Å². The first-order valence-corrected chi connectivity index (χ1v) is 11.7. The summed E-state index contributed by atoms with van der Waals surface area (Å²) in [5, 5.41) is 16.1. The Labute approximate surface area is 217 Å². The van der Waals surface area contributed by atoms with Crippen LogP contribution in [-0.4, -0.2) is 27.9 Å². The molecule has 0 fully saturated rings. The number of benzene rings is 4. The first-order chi connectivity index (χ1) is 18.5. The molecule has 0 bridgehead atoms. The van der Waals surface area contributed by atoms with Crippen LogP contribution >= 0.6 is 0 Å². The van der Waals surface area contributed by atoms with Crippen molar-refractivity contribution in [3.05, 3.63) is 129 Å². The van der Waals surface area contributed by atoms with Crippen molar-refractivity contribution in [1.82, 2.24) is 9.66 Å². The number of nitro benzene ring substituents is 1. The van der Waals surface area contributed by atoms with Crippen LogP contribution in [0.25, 0.3) is 22.3 Å². The number of aromatic nitrogens is 2. The fourth-order valence-corrected chi connectivity index (χ4v) is 3.99. The standard InChI is InChI=1S/C29H22N4O5/c1-37-26-16-8-12-22(27(26)38-19-20-9-7-13-23(17-20)33(35)36)18-30-32-28(21-10-3-2-4-11-21)31-25-15-6-5-14-24(25)29(32)34/h2-18H,19H2,1H3. The van der Waals surface area contributed by atoms with E-state index in [1.165, 1.54) is 30.1 Å². The molecule has 0 saturated carbocycles. The zero-order valence-corrected chi connectivity index (χ0v) is 20.4. The summed E-state index contributed by atoms with van der Waals surface area (Å²) in [7, 11) is 1.52. The molecule has 5 aromatic rings. The van der Waals surface area contributed by atoms with Gasteiger partial charge in [-0.25, -0.2) is 4.98 Å². The Morgan fingerprint density at radius 1 is 0.974 bits per heavy atom. The van der Waals surface area contributed by atoms with E-state index in [-0.39, 0.29) is 17.9 Å². The normalized spacial score (nSPS) is 11.1. The molecular formula is C29H22N4O5. The highest BCUT2D eigenvalue weighted by Crippen LogP contribution is 2.31. The van der Waals surface area contributed by atoms with Gasteiger partial charge in [0.2, 0.25) is 0 Å². The number of ether oxygens (including phenoxy) is 2. The summed E-state index contributed by atoms with van der Waals surface area (Å²) in [6.07, 6.45) is 1.51. The van der Waals surface area contributed by atoms with Crippen LogP contribution in [0.2, 0.25) is 0 Å². The molecule has 0 unspecified atom stereocenters. The number of hydrogen-bond acceptors (Lipinski definition) is 7. The molecule has 1 heterocycles. The lowest BCUT2D eigenvalue weighted by molar-refractivity contribution is -0.384. The smallest absolute Gasteiger partial charge is 0.282 e. The van der Waals surface area contributed by atoms with E-state index in [4.69, 9.17) is 14.5 Å². The Hall–Kier alpha value is -5.31. The minimum absolute atomic E-state index is 0.0236. The van der Waals surface area contributed by atoms with Crippen LogP contribution in [0, 0.1) is 10.1 Å². The molecule has 0 aliphatic rings. The van der Waals surface area contributed by atoms with Gasteiger partial charge in [0.25, 0.3) is 11.2 Å². The number of rotatable bonds is 8. The summed E-state index contributed by atoms with van der Waals surface area (Å²) in [4.78, 5) is 28.8. The van der Waals surface area contributed by atoms with Gasteiger partial charge in [0.15, 0.2) is 17.3 Å². The molecule has 4 aromatic carbocycles. The molecule has 1 aromatic heterocycles. The molecule has 0 aliphatic carbocycles. The van der Waals surface area contributed by atoms with Crippen molar-refractivity contribution in [1.29, 1.82) is 0 Å². The monoisotopic (exact) mass is 506 g/mol. The summed E-state index contributed by atoms with van der Waals surface area (Å²) in [6.45, 7) is 0.0651. The Morgan fingerprint density at radius 2 is 1.74 bits per heavy atom. The lowest BCUT2D eigenvalue weighted by Crippen LogP contribution is -2.20. The molecule has 9 nitrogen and oxygen atoms in total. The van der Waals surface area contributed by atoms with E-state index in [0.29, 0.717) is 39.4 Å². The van der Waals surface area contributed by atoms with Gasteiger partial charge in [-0.3, -0.25) is 14.9 Å². The van der Waals surface area contributed by atoms with E-state index in [9.17, 15) is 14.9 Å². The molecule has 0 aliphatic heterocycles. The van der Waals surface area contributed by atoms with Crippen LogP contribution in [0.15, 0.2) is 107 Å². The quantitative estimate of drug-likeness (QED) is 0.157. The number of fused-ring (bicyclic) bond motifs is 1. The van der Waals surface area contributed by atoms with Crippen LogP contribution in [0.4, 0.5) is 5.69 Å². The van der Waals surface area contributed by atoms with Gasteiger partial charge in [-0.1, -0.05) is 60.7 Å². The van der Waals surface area contributed by atoms with Crippen LogP contribution in [0.3, 0.4) is 0 Å². The van der Waals surface area contributed by atoms with Crippen molar-refractivity contribution in [3.8, 4) is 22.9 Å². The number of methoxy groups -OCH3 is 1. The van der Waals surface area contributed by atoms with Gasteiger partial charge in [-0.15, -0.1) is 0 Å². The highest BCUT2D eigenvalue weighted by Gasteiger charge is 2.14. The van der Waals surface area contributed by atoms with Crippen LogP contribution in [0.5, 0.6) is 11.5 Å². The van der Waals surface area contributed by atoms with Gasteiger partial charge in [-0.05, 0) is 29.8 Å². The molecule has 0 saturated heterocycles. The highest BCUT2D eigenvalue weighted by molar-refractivity contribution is 5.86. The summed E-state index contributed by atoms with van der Waals surface area (Å²) in [5.74, 6) is 1.23. The molecule has 0 amide bonds. The maximum absolute atomic E-state index is 13.4. The predicted octanol–water partition coefficient (Wildman–Crippen LogP) is 5.44. The summed E-state index contributed by atoms with van der Waals surface area (Å²) in [6, 6.07) is 28.0. The second-order valence-electron chi connectivity index (χ2n) is 8.27. The molecule has 0 radical (unpaired) electrons. The van der Waals surface area contributed by atoms with Gasteiger partial charge >= 0.3 is 0 Å². The molecule has 0 atom stereocenters. The third-order valence-corrected chi connectivity index (χ3v) is 5.83. The lowest BCUT2D eigenvalue weighted by atomic mass is 10.2. The third kappa shape index (κ3) is 4.98. The van der Waals surface area contributed by atoms with Crippen molar-refractivity contribution in [3.63, 3.8) is 0 Å². The highest BCUT2D eigenvalue weighted by atomic mass is 16.6. The van der Waals surface area contributed by atoms with Crippen molar-refractivity contribution in [2.45, 2.75) is 6.61 Å². The number of nitro groups is 1. The lowest BCUT2D eigenvalue weighted by Gasteiger charge is -2.14. The summed E-state index contributed by atoms with van der Waals surface area (Å²) in [5.41, 5.74) is 2.14. The van der Waals surface area contributed by atoms with E-state index in [1.54, 1.807) is 48.5 Å². The summed E-state index contributed by atoms with van der Waals surface area (Å²) >= 11 is 0. The number of hydrogen-bond donors (Lipinski definition) is 0. The largest absolute Gasteiger partial charge is 0.493 e. The maximum atomic E-state index is 13.4. The van der Waals surface area contributed by atoms with Gasteiger partial charge in [0.1, 0.15) is 6.61 Å². The van der Waals surface area contributed by atoms with Gasteiger partial charge in [0, 0.05) is 23.3 Å². The summed E-state index contributed by atoms with van der Waals surface area (Å²) < 4.78 is 12.8. The first kappa shape index (κ1) is 24.4. The molecule has 0 N–H and O–H groups in total. The maximum Gasteiger partial charge on any atom is 0.282 e. The van der Waals surface area contributed by atoms with Crippen molar-refractivity contribution in [2.75, 3.05) is 7.11 Å². The molecule has 9 heteroatoms. The van der Waals surface area contributed by atoms with E-state index in [1.807, 2.05) is 36.4 Å². The number of non-ortho nitro benzene ring substituents is 1. The van der Waals surface area contributed by atoms with Crippen molar-refractivity contribution in [2.24, 2.45) is 5.10 Å². The second kappa shape index (κ2) is 10.8. The number of para-hydroxylation sites is 2. The average Bonchev–Trinajstić information content (AvgIpc) is 2.96. The molecular weight excluding hydrogens is 484 g/mol. The fourth-order valence-electron chi connectivity index (χ4n) is 3.99. The third-order valence-electron chi connectivity index (χ3n) is 5.83. The molecule has 38 heavy (non-hydrogen) atoms. The van der Waals surface area contributed by atoms with E-state index >= 15 is 0 Å². The van der Waals surface area contributed by atoms with E-state index in [0.717, 1.165) is 5.56 Å². The SMILES string of the molecule is COc1cccc(C=Nn2c(-c3ccccc3)nc3ccccc3c2=O)c1OCc1cccc([N+](=O)[O-])c1. The van der Waals surface area contributed by atoms with Crippen LogP contribution < -0.4 is 15.0 Å². The molecule has 5 rings (SSSR count). The zero-order valence-electron chi connectivity index (χ0n) is 20.4. The zero-order chi connectivity index (χ0) is 26.5. The van der Waals surface area contributed by atoms with E-state index in [2.05, 4.69) is 5.10 Å². The van der Waals surface area contributed by atoms with Crippen molar-refractivity contribution >= 4 is 22.8 Å². The second-order valence-corrected chi connectivity index (χ2v) is 8.27. The Kier molecular flexibility index (Phi) is 6.90.